The van der Waals surface area contributed by atoms with E-state index in [2.05, 4.69) is 10.6 Å². The van der Waals surface area contributed by atoms with Crippen molar-refractivity contribution in [1.29, 1.82) is 0 Å². The van der Waals surface area contributed by atoms with Crippen molar-refractivity contribution >= 4 is 23.8 Å². The summed E-state index contributed by atoms with van der Waals surface area (Å²) in [5, 5.41) is 23.2. The number of carboxylic acids is 2. The van der Waals surface area contributed by atoms with Crippen LogP contribution in [-0.4, -0.2) is 47.1 Å². The summed E-state index contributed by atoms with van der Waals surface area (Å²) < 4.78 is 0. The van der Waals surface area contributed by atoms with Gasteiger partial charge in [0.25, 0.3) is 0 Å². The number of carboxylic acid groups (broad SMARTS) is 2. The Kier molecular flexibility index (Phi) is 10.3. The van der Waals surface area contributed by atoms with Gasteiger partial charge in [0.05, 0.1) is 23.7 Å². The molecule has 8 nitrogen and oxygen atoms in total. The van der Waals surface area contributed by atoms with Crippen LogP contribution in [0.5, 0.6) is 0 Å². The second-order valence-corrected chi connectivity index (χ2v) is 7.12. The highest BCUT2D eigenvalue weighted by molar-refractivity contribution is 5.85. The Morgan fingerprint density at radius 2 is 1.18 bits per heavy atom. The van der Waals surface area contributed by atoms with E-state index >= 15 is 0 Å². The maximum Gasteiger partial charge on any atom is 0.307 e. The Bertz CT molecular complexity index is 589. The van der Waals surface area contributed by atoms with Crippen molar-refractivity contribution in [3.05, 3.63) is 12.2 Å². The van der Waals surface area contributed by atoms with E-state index in [1.807, 2.05) is 26.0 Å². The molecule has 158 valence electrons. The second kappa shape index (κ2) is 12.2. The smallest absolute Gasteiger partial charge is 0.307 e. The molecule has 1 fully saturated rings. The zero-order chi connectivity index (χ0) is 21.1. The van der Waals surface area contributed by atoms with Gasteiger partial charge in [-0.1, -0.05) is 25.0 Å². The Morgan fingerprint density at radius 1 is 0.750 bits per heavy atom. The lowest BCUT2D eigenvalue weighted by molar-refractivity contribution is -0.148. The first-order valence-corrected chi connectivity index (χ1v) is 9.99. The molecule has 0 spiro atoms. The standard InChI is InChI=1S/C10H17NO3.C10H15NO3/c2*1-2-11-9(12)7-5-3-4-6-8(7)10(13)14/h7-8H,2-6H2,1H3,(H,11,12)(H,13,14);3-4,7-8H,2,5-6H2,1H3,(H,11,12)(H,13,14). The van der Waals surface area contributed by atoms with Gasteiger partial charge in [0.1, 0.15) is 0 Å². The van der Waals surface area contributed by atoms with Gasteiger partial charge in [0.15, 0.2) is 0 Å². The van der Waals surface area contributed by atoms with Crippen molar-refractivity contribution in [3.63, 3.8) is 0 Å². The molecule has 2 aliphatic rings. The Labute approximate surface area is 165 Å². The molecule has 0 aliphatic heterocycles. The Balaban J connectivity index is 0.000000280. The fraction of sp³-hybridized carbons (Fsp3) is 0.700. The molecule has 1 saturated carbocycles. The first kappa shape index (κ1) is 23.7. The van der Waals surface area contributed by atoms with Gasteiger partial charge >= 0.3 is 11.9 Å². The zero-order valence-corrected chi connectivity index (χ0v) is 16.6. The maximum atomic E-state index is 11.5. The number of amides is 2. The predicted molar refractivity (Wildman–Crippen MR) is 103 cm³/mol. The average Bonchev–Trinajstić information content (AvgIpc) is 2.68. The molecule has 0 saturated heterocycles. The van der Waals surface area contributed by atoms with Crippen molar-refractivity contribution in [2.24, 2.45) is 23.7 Å². The van der Waals surface area contributed by atoms with Gasteiger partial charge in [-0.3, -0.25) is 19.2 Å². The molecule has 2 amide bonds. The SMILES string of the molecule is CCNC(=O)C1CC=CCC1C(=O)O.CCNC(=O)C1CCCCC1C(=O)O. The Morgan fingerprint density at radius 3 is 1.64 bits per heavy atom. The van der Waals surface area contributed by atoms with Crippen molar-refractivity contribution in [2.75, 3.05) is 13.1 Å². The van der Waals surface area contributed by atoms with Gasteiger partial charge in [-0.2, -0.15) is 0 Å². The van der Waals surface area contributed by atoms with Crippen molar-refractivity contribution in [1.82, 2.24) is 10.6 Å². The van der Waals surface area contributed by atoms with Crippen LogP contribution < -0.4 is 10.6 Å². The summed E-state index contributed by atoms with van der Waals surface area (Å²) in [5.74, 6) is -3.73. The third-order valence-corrected chi connectivity index (χ3v) is 5.21. The molecule has 2 aliphatic carbocycles. The summed E-state index contributed by atoms with van der Waals surface area (Å²) in [4.78, 5) is 44.8. The number of nitrogens with one attached hydrogen (secondary N) is 2. The summed E-state index contributed by atoms with van der Waals surface area (Å²) in [6, 6.07) is 0. The minimum Gasteiger partial charge on any atom is -0.481 e. The molecule has 4 unspecified atom stereocenters. The third kappa shape index (κ3) is 6.98. The Hall–Kier alpha value is -2.38. The van der Waals surface area contributed by atoms with E-state index in [-0.39, 0.29) is 17.7 Å². The van der Waals surface area contributed by atoms with Crippen LogP contribution in [-0.2, 0) is 19.2 Å². The highest BCUT2D eigenvalue weighted by atomic mass is 16.4. The van der Waals surface area contributed by atoms with Crippen LogP contribution in [0.2, 0.25) is 0 Å². The number of carbonyl (C=O) groups is 4. The first-order chi connectivity index (χ1) is 13.3. The molecule has 0 bridgehead atoms. The summed E-state index contributed by atoms with van der Waals surface area (Å²) in [5.41, 5.74) is 0. The number of allylic oxidation sites excluding steroid dienone is 2. The first-order valence-electron chi connectivity index (χ1n) is 9.99. The summed E-state index contributed by atoms with van der Waals surface area (Å²) >= 11 is 0. The number of carbonyl (C=O) groups excluding carboxylic acids is 2. The monoisotopic (exact) mass is 396 g/mol. The molecule has 28 heavy (non-hydrogen) atoms. The summed E-state index contributed by atoms with van der Waals surface area (Å²) in [6.07, 6.45) is 7.92. The van der Waals surface area contributed by atoms with E-state index in [4.69, 9.17) is 10.2 Å². The van der Waals surface area contributed by atoms with Crippen LogP contribution in [0.1, 0.15) is 52.4 Å². The van der Waals surface area contributed by atoms with Gasteiger partial charge in [-0.05, 0) is 39.5 Å². The normalized spacial score (nSPS) is 26.4. The van der Waals surface area contributed by atoms with Crippen molar-refractivity contribution in [3.8, 4) is 0 Å². The lowest BCUT2D eigenvalue weighted by atomic mass is 9.79. The van der Waals surface area contributed by atoms with Crippen molar-refractivity contribution < 1.29 is 29.4 Å². The number of hydrogen-bond acceptors (Lipinski definition) is 4. The quantitative estimate of drug-likeness (QED) is 0.506. The van der Waals surface area contributed by atoms with Crippen LogP contribution in [0.15, 0.2) is 12.2 Å². The van der Waals surface area contributed by atoms with Crippen LogP contribution >= 0.6 is 0 Å². The highest BCUT2D eigenvalue weighted by Crippen LogP contribution is 2.30. The molecular weight excluding hydrogens is 364 g/mol. The molecule has 0 aromatic rings. The predicted octanol–water partition coefficient (Wildman–Crippen LogP) is 1.80. The lowest BCUT2D eigenvalue weighted by Gasteiger charge is -2.27. The number of hydrogen-bond donors (Lipinski definition) is 4. The van der Waals surface area contributed by atoms with E-state index in [1.54, 1.807) is 0 Å². The second-order valence-electron chi connectivity index (χ2n) is 7.12. The number of aliphatic carboxylic acids is 2. The topological polar surface area (TPSA) is 133 Å². The molecule has 0 heterocycles. The number of rotatable bonds is 6. The molecule has 8 heteroatoms. The molecule has 0 aromatic heterocycles. The van der Waals surface area contributed by atoms with Gasteiger partial charge in [-0.15, -0.1) is 0 Å². The van der Waals surface area contributed by atoms with Gasteiger partial charge in [-0.25, -0.2) is 0 Å². The van der Waals surface area contributed by atoms with Gasteiger partial charge in [0, 0.05) is 13.1 Å². The highest BCUT2D eigenvalue weighted by Gasteiger charge is 2.35. The van der Waals surface area contributed by atoms with Crippen molar-refractivity contribution in [2.45, 2.75) is 52.4 Å². The summed E-state index contributed by atoms with van der Waals surface area (Å²) in [7, 11) is 0. The molecule has 4 N–H and O–H groups in total. The zero-order valence-electron chi connectivity index (χ0n) is 16.6. The van der Waals surface area contributed by atoms with Crippen LogP contribution in [0.3, 0.4) is 0 Å². The van der Waals surface area contributed by atoms with E-state index in [0.29, 0.717) is 38.8 Å². The van der Waals surface area contributed by atoms with Crippen LogP contribution in [0, 0.1) is 23.7 Å². The maximum absolute atomic E-state index is 11.5. The molecule has 2 rings (SSSR count). The minimum atomic E-state index is -0.884. The molecule has 0 radical (unpaired) electrons. The fourth-order valence-corrected chi connectivity index (χ4v) is 3.73. The van der Waals surface area contributed by atoms with E-state index in [1.165, 1.54) is 0 Å². The minimum absolute atomic E-state index is 0.0976. The lowest BCUT2D eigenvalue weighted by Crippen LogP contribution is -2.39. The van der Waals surface area contributed by atoms with E-state index in [0.717, 1.165) is 12.8 Å². The average molecular weight is 396 g/mol. The molecule has 4 atom stereocenters. The third-order valence-electron chi connectivity index (χ3n) is 5.21. The van der Waals surface area contributed by atoms with Crippen LogP contribution in [0.25, 0.3) is 0 Å². The van der Waals surface area contributed by atoms with Gasteiger partial charge < -0.3 is 20.8 Å². The van der Waals surface area contributed by atoms with E-state index < -0.39 is 29.7 Å². The van der Waals surface area contributed by atoms with Gasteiger partial charge in [0.2, 0.25) is 11.8 Å². The fourth-order valence-electron chi connectivity index (χ4n) is 3.73. The van der Waals surface area contributed by atoms with Crippen LogP contribution in [0.4, 0.5) is 0 Å². The molecule has 0 aromatic carbocycles. The molecular formula is C20H32N2O6. The largest absolute Gasteiger partial charge is 0.481 e. The van der Waals surface area contributed by atoms with E-state index in [9.17, 15) is 19.2 Å². The summed E-state index contributed by atoms with van der Waals surface area (Å²) in [6.45, 7) is 4.79.